The van der Waals surface area contributed by atoms with Crippen molar-refractivity contribution in [1.29, 1.82) is 0 Å². The summed E-state index contributed by atoms with van der Waals surface area (Å²) in [6, 6.07) is 0. The highest BCUT2D eigenvalue weighted by molar-refractivity contribution is 5.25. The van der Waals surface area contributed by atoms with E-state index in [0.717, 1.165) is 0 Å². The van der Waals surface area contributed by atoms with Crippen molar-refractivity contribution in [2.75, 3.05) is 25.0 Å². The van der Waals surface area contributed by atoms with Gasteiger partial charge in [-0.25, -0.2) is 18.7 Å². The van der Waals surface area contributed by atoms with E-state index in [0.29, 0.717) is 18.9 Å². The molecule has 2 N–H and O–H groups in total. The summed E-state index contributed by atoms with van der Waals surface area (Å²) in [5.41, 5.74) is -0.977. The van der Waals surface area contributed by atoms with Crippen molar-refractivity contribution >= 4 is 5.95 Å². The molecule has 20 heavy (non-hydrogen) atoms. The third-order valence-electron chi connectivity index (χ3n) is 3.11. The van der Waals surface area contributed by atoms with Crippen molar-refractivity contribution in [2.24, 2.45) is 5.92 Å². The Morgan fingerprint density at radius 2 is 1.95 bits per heavy atom. The number of hydrogen-bond donors (Lipinski definition) is 2. The van der Waals surface area contributed by atoms with E-state index in [4.69, 9.17) is 0 Å². The van der Waals surface area contributed by atoms with Crippen LogP contribution >= 0.6 is 0 Å². The van der Waals surface area contributed by atoms with E-state index in [1.807, 2.05) is 0 Å². The van der Waals surface area contributed by atoms with Gasteiger partial charge in [-0.1, -0.05) is 0 Å². The molecule has 1 aliphatic rings. The predicted molar refractivity (Wildman–Crippen MR) is 61.4 cm³/mol. The third-order valence-corrected chi connectivity index (χ3v) is 3.11. The second-order valence-corrected chi connectivity index (χ2v) is 4.60. The second kappa shape index (κ2) is 5.47. The Bertz CT molecular complexity index is 445. The Morgan fingerprint density at radius 3 is 2.50 bits per heavy atom. The lowest BCUT2D eigenvalue weighted by molar-refractivity contribution is -0.138. The first-order chi connectivity index (χ1) is 9.29. The summed E-state index contributed by atoms with van der Waals surface area (Å²) in [6.07, 6.45) is -2.99. The molecule has 0 radical (unpaired) electrons. The van der Waals surface area contributed by atoms with Gasteiger partial charge in [0.15, 0.2) is 0 Å². The van der Waals surface area contributed by atoms with Gasteiger partial charge < -0.3 is 10.6 Å². The molecule has 1 aromatic rings. The van der Waals surface area contributed by atoms with Gasteiger partial charge in [-0.3, -0.25) is 0 Å². The number of nitrogens with zero attached hydrogens (tertiary/aromatic N) is 2. The van der Waals surface area contributed by atoms with E-state index in [1.165, 1.54) is 0 Å². The van der Waals surface area contributed by atoms with E-state index in [2.05, 4.69) is 20.6 Å². The fourth-order valence-corrected chi connectivity index (χ4v) is 1.92. The van der Waals surface area contributed by atoms with E-state index >= 15 is 0 Å². The number of alkyl halides is 5. The van der Waals surface area contributed by atoms with Gasteiger partial charge >= 0.3 is 6.18 Å². The van der Waals surface area contributed by atoms with Gasteiger partial charge in [-0.2, -0.15) is 13.2 Å². The van der Waals surface area contributed by atoms with Crippen LogP contribution in [-0.4, -0.2) is 35.5 Å². The SMILES string of the molecule is FC(F)(F)c1cnc(NCC2CCNCC2(F)F)nc1. The lowest BCUT2D eigenvalue weighted by atomic mass is 9.94. The molecule has 4 nitrogen and oxygen atoms in total. The van der Waals surface area contributed by atoms with Crippen LogP contribution in [0.1, 0.15) is 12.0 Å². The summed E-state index contributed by atoms with van der Waals surface area (Å²) in [5, 5.41) is 5.14. The van der Waals surface area contributed by atoms with Crippen LogP contribution in [0.5, 0.6) is 0 Å². The van der Waals surface area contributed by atoms with Gasteiger partial charge in [0.2, 0.25) is 5.95 Å². The van der Waals surface area contributed by atoms with E-state index in [-0.39, 0.29) is 18.9 Å². The summed E-state index contributed by atoms with van der Waals surface area (Å²) in [5.74, 6) is -3.83. The second-order valence-electron chi connectivity index (χ2n) is 4.60. The van der Waals surface area contributed by atoms with Crippen molar-refractivity contribution in [3.63, 3.8) is 0 Å². The number of nitrogens with one attached hydrogen (secondary N) is 2. The van der Waals surface area contributed by atoms with Gasteiger partial charge in [0.25, 0.3) is 5.92 Å². The summed E-state index contributed by atoms with van der Waals surface area (Å²) < 4.78 is 63.9. The van der Waals surface area contributed by atoms with Crippen molar-refractivity contribution in [1.82, 2.24) is 15.3 Å². The van der Waals surface area contributed by atoms with Gasteiger partial charge in [-0.15, -0.1) is 0 Å². The molecule has 1 atom stereocenters. The molecule has 1 unspecified atom stereocenters. The fraction of sp³-hybridized carbons (Fsp3) is 0.636. The highest BCUT2D eigenvalue weighted by atomic mass is 19.4. The average molecular weight is 296 g/mol. The Labute approximate surface area is 111 Å². The number of aromatic nitrogens is 2. The fourth-order valence-electron chi connectivity index (χ4n) is 1.92. The third kappa shape index (κ3) is 3.53. The molecule has 9 heteroatoms. The zero-order chi connectivity index (χ0) is 14.8. The minimum absolute atomic E-state index is 0.0833. The standard InChI is InChI=1S/C11H13F5N4/c12-10(13)6-17-2-1-7(10)3-18-9-19-4-8(5-20-9)11(14,15)16/h4-5,7,17H,1-3,6H2,(H,18,19,20). The van der Waals surface area contributed by atoms with Crippen molar-refractivity contribution in [2.45, 2.75) is 18.5 Å². The molecule has 2 heterocycles. The lowest BCUT2D eigenvalue weighted by Gasteiger charge is -2.31. The number of rotatable bonds is 3. The zero-order valence-electron chi connectivity index (χ0n) is 10.3. The van der Waals surface area contributed by atoms with Gasteiger partial charge in [-0.05, 0) is 13.0 Å². The molecule has 0 saturated carbocycles. The number of halogens is 5. The van der Waals surface area contributed by atoms with Crippen LogP contribution in [0.3, 0.4) is 0 Å². The monoisotopic (exact) mass is 296 g/mol. The van der Waals surface area contributed by atoms with E-state index in [9.17, 15) is 22.0 Å². The summed E-state index contributed by atoms with van der Waals surface area (Å²) in [4.78, 5) is 6.95. The molecular weight excluding hydrogens is 283 g/mol. The largest absolute Gasteiger partial charge is 0.419 e. The maximum atomic E-state index is 13.5. The quantitative estimate of drug-likeness (QED) is 0.839. The predicted octanol–water partition coefficient (Wildman–Crippen LogP) is 2.15. The highest BCUT2D eigenvalue weighted by Gasteiger charge is 2.41. The van der Waals surface area contributed by atoms with Crippen molar-refractivity contribution in [3.05, 3.63) is 18.0 Å². The van der Waals surface area contributed by atoms with Gasteiger partial charge in [0.1, 0.15) is 0 Å². The maximum absolute atomic E-state index is 13.5. The molecule has 0 bridgehead atoms. The van der Waals surface area contributed by atoms with Crippen LogP contribution in [0.2, 0.25) is 0 Å². The molecule has 1 aliphatic heterocycles. The first-order valence-electron chi connectivity index (χ1n) is 6.01. The Morgan fingerprint density at radius 1 is 1.30 bits per heavy atom. The molecule has 2 rings (SSSR count). The normalized spacial score (nSPS) is 22.6. The maximum Gasteiger partial charge on any atom is 0.419 e. The van der Waals surface area contributed by atoms with E-state index < -0.39 is 30.1 Å². The topological polar surface area (TPSA) is 49.8 Å². The van der Waals surface area contributed by atoms with E-state index in [1.54, 1.807) is 0 Å². The number of hydrogen-bond acceptors (Lipinski definition) is 4. The molecule has 1 fully saturated rings. The minimum Gasteiger partial charge on any atom is -0.354 e. The summed E-state index contributed by atoms with van der Waals surface area (Å²) >= 11 is 0. The van der Waals surface area contributed by atoms with Crippen LogP contribution in [0, 0.1) is 5.92 Å². The Balaban J connectivity index is 1.94. The molecule has 1 aromatic heterocycles. The van der Waals surface area contributed by atoms with Crippen LogP contribution in [0.4, 0.5) is 27.9 Å². The molecule has 0 aromatic carbocycles. The van der Waals surface area contributed by atoms with Crippen LogP contribution < -0.4 is 10.6 Å². The number of anilines is 1. The first kappa shape index (κ1) is 14.9. The molecule has 0 aliphatic carbocycles. The van der Waals surface area contributed by atoms with Crippen LogP contribution in [-0.2, 0) is 6.18 Å². The van der Waals surface area contributed by atoms with Crippen LogP contribution in [0.15, 0.2) is 12.4 Å². The van der Waals surface area contributed by atoms with Gasteiger partial charge in [0, 0.05) is 24.9 Å². The van der Waals surface area contributed by atoms with Gasteiger partial charge in [0.05, 0.1) is 12.1 Å². The summed E-state index contributed by atoms with van der Waals surface area (Å²) in [7, 11) is 0. The summed E-state index contributed by atoms with van der Waals surface area (Å²) in [6.45, 7) is 0.00304. The van der Waals surface area contributed by atoms with Crippen molar-refractivity contribution in [3.8, 4) is 0 Å². The zero-order valence-corrected chi connectivity index (χ0v) is 10.3. The van der Waals surface area contributed by atoms with Crippen LogP contribution in [0.25, 0.3) is 0 Å². The number of piperidine rings is 1. The molecular formula is C11H13F5N4. The minimum atomic E-state index is -4.51. The lowest BCUT2D eigenvalue weighted by Crippen LogP contribution is -2.48. The molecule has 1 saturated heterocycles. The molecule has 0 spiro atoms. The van der Waals surface area contributed by atoms with Crippen molar-refractivity contribution < 1.29 is 22.0 Å². The highest BCUT2D eigenvalue weighted by Crippen LogP contribution is 2.30. The Hall–Kier alpha value is -1.51. The molecule has 0 amide bonds. The Kier molecular flexibility index (Phi) is 4.07. The average Bonchev–Trinajstić information content (AvgIpc) is 2.36. The molecule has 112 valence electrons. The first-order valence-corrected chi connectivity index (χ1v) is 6.01. The smallest absolute Gasteiger partial charge is 0.354 e.